The van der Waals surface area contributed by atoms with Gasteiger partial charge in [-0.3, -0.25) is 9.59 Å². The van der Waals surface area contributed by atoms with Gasteiger partial charge in [0.15, 0.2) is 5.69 Å². The Bertz CT molecular complexity index is 557. The van der Waals surface area contributed by atoms with Gasteiger partial charge in [0, 0.05) is 6.42 Å². The van der Waals surface area contributed by atoms with Crippen LogP contribution in [0.15, 0.2) is 5.51 Å². The highest BCUT2D eigenvalue weighted by molar-refractivity contribution is 7.11. The summed E-state index contributed by atoms with van der Waals surface area (Å²) in [6.45, 7) is 0. The third-order valence-corrected chi connectivity index (χ3v) is 3.12. The molecule has 0 aliphatic rings. The maximum atomic E-state index is 12.6. The Labute approximate surface area is 119 Å². The molecule has 1 rings (SSSR count). The number of thiazole rings is 1. The van der Waals surface area contributed by atoms with Crippen molar-refractivity contribution < 1.29 is 37.8 Å². The molecule has 21 heavy (non-hydrogen) atoms. The van der Waals surface area contributed by atoms with Gasteiger partial charge in [-0.2, -0.15) is 13.2 Å². The summed E-state index contributed by atoms with van der Waals surface area (Å²) in [5.41, 5.74) is -0.600. The van der Waals surface area contributed by atoms with Crippen molar-refractivity contribution in [2.75, 3.05) is 0 Å². The molecule has 0 saturated carbocycles. The van der Waals surface area contributed by atoms with Crippen LogP contribution in [0, 0.1) is 0 Å². The van der Waals surface area contributed by atoms with Gasteiger partial charge in [-0.15, -0.1) is 11.3 Å². The smallest absolute Gasteiger partial charge is 0.434 e. The van der Waals surface area contributed by atoms with E-state index in [-0.39, 0.29) is 0 Å². The molecule has 1 aromatic rings. The zero-order valence-corrected chi connectivity index (χ0v) is 11.0. The Hall–Kier alpha value is -2.17. The number of hydrogen-bond donors (Lipinski definition) is 3. The molecular weight excluding hydrogens is 317 g/mol. The lowest BCUT2D eigenvalue weighted by molar-refractivity contribution is -0.141. The van der Waals surface area contributed by atoms with Gasteiger partial charge in [0.25, 0.3) is 5.91 Å². The van der Waals surface area contributed by atoms with E-state index in [2.05, 4.69) is 4.98 Å². The van der Waals surface area contributed by atoms with Crippen LogP contribution in [0.1, 0.15) is 28.2 Å². The second kappa shape index (κ2) is 6.52. The van der Waals surface area contributed by atoms with Gasteiger partial charge in [-0.25, -0.2) is 9.78 Å². The van der Waals surface area contributed by atoms with Crippen LogP contribution in [0.4, 0.5) is 13.2 Å². The Kier molecular flexibility index (Phi) is 5.24. The van der Waals surface area contributed by atoms with Gasteiger partial charge < -0.3 is 15.5 Å². The molecule has 0 aliphatic heterocycles. The molecule has 0 aromatic carbocycles. The van der Waals surface area contributed by atoms with Crippen LogP contribution >= 0.6 is 11.3 Å². The molecule has 0 saturated heterocycles. The van der Waals surface area contributed by atoms with Crippen LogP contribution in [0.5, 0.6) is 0 Å². The Morgan fingerprint density at radius 2 is 1.95 bits per heavy atom. The van der Waals surface area contributed by atoms with E-state index >= 15 is 0 Å². The molecule has 0 fully saturated rings. The minimum absolute atomic E-state index is 0.410. The summed E-state index contributed by atoms with van der Waals surface area (Å²) in [7, 11) is 0. The van der Waals surface area contributed by atoms with Gasteiger partial charge >= 0.3 is 18.1 Å². The molecule has 0 aliphatic carbocycles. The maximum Gasteiger partial charge on any atom is 0.434 e. The van der Waals surface area contributed by atoms with E-state index in [0.717, 1.165) is 5.51 Å². The summed E-state index contributed by atoms with van der Waals surface area (Å²) < 4.78 is 37.7. The number of hydrogen-bond acceptors (Lipinski definition) is 5. The third-order valence-electron chi connectivity index (χ3n) is 2.29. The molecule has 3 N–H and O–H groups in total. The quantitative estimate of drug-likeness (QED) is 0.723. The van der Waals surface area contributed by atoms with Gasteiger partial charge in [-0.1, -0.05) is 0 Å². The minimum Gasteiger partial charge on any atom is -0.481 e. The van der Waals surface area contributed by atoms with Crippen LogP contribution < -0.4 is 5.32 Å². The fourth-order valence-electron chi connectivity index (χ4n) is 1.36. The van der Waals surface area contributed by atoms with Crippen molar-refractivity contribution in [2.24, 2.45) is 0 Å². The summed E-state index contributed by atoms with van der Waals surface area (Å²) in [6, 6.07) is -1.60. The van der Waals surface area contributed by atoms with Crippen LogP contribution in [-0.4, -0.2) is 39.1 Å². The summed E-state index contributed by atoms with van der Waals surface area (Å²) >= 11 is 0.410. The fraction of sp³-hybridized carbons (Fsp3) is 0.400. The average Bonchev–Trinajstić information content (AvgIpc) is 2.82. The molecule has 1 heterocycles. The van der Waals surface area contributed by atoms with E-state index in [4.69, 9.17) is 10.2 Å². The second-order valence-corrected chi connectivity index (χ2v) is 4.68. The average molecular weight is 326 g/mol. The topological polar surface area (TPSA) is 117 Å². The summed E-state index contributed by atoms with van der Waals surface area (Å²) in [6.07, 6.45) is -5.84. The summed E-state index contributed by atoms with van der Waals surface area (Å²) in [5.74, 6) is -4.09. The molecule has 1 amide bonds. The zero-order valence-electron chi connectivity index (χ0n) is 10.2. The highest BCUT2D eigenvalue weighted by Gasteiger charge is 2.39. The lowest BCUT2D eigenvalue weighted by Crippen LogP contribution is -2.41. The molecule has 11 heteroatoms. The first kappa shape index (κ1) is 16.9. The molecule has 0 bridgehead atoms. The van der Waals surface area contributed by atoms with Crippen LogP contribution in [0.25, 0.3) is 0 Å². The van der Waals surface area contributed by atoms with E-state index in [1.807, 2.05) is 5.32 Å². The highest BCUT2D eigenvalue weighted by Crippen LogP contribution is 2.32. The van der Waals surface area contributed by atoms with E-state index in [0.29, 0.717) is 11.3 Å². The largest absolute Gasteiger partial charge is 0.481 e. The van der Waals surface area contributed by atoms with E-state index in [1.54, 1.807) is 0 Å². The molecule has 0 radical (unpaired) electrons. The number of rotatable bonds is 6. The normalized spacial score (nSPS) is 12.7. The van der Waals surface area contributed by atoms with Crippen molar-refractivity contribution in [3.63, 3.8) is 0 Å². The number of alkyl halides is 3. The first-order chi connectivity index (χ1) is 9.62. The van der Waals surface area contributed by atoms with Crippen molar-refractivity contribution in [1.82, 2.24) is 10.3 Å². The van der Waals surface area contributed by atoms with Gasteiger partial charge in [0.2, 0.25) is 0 Å². The first-order valence-electron chi connectivity index (χ1n) is 5.39. The number of carbonyl (C=O) groups excluding carboxylic acids is 1. The second-order valence-electron chi connectivity index (χ2n) is 3.82. The van der Waals surface area contributed by atoms with Crippen molar-refractivity contribution in [3.8, 4) is 0 Å². The number of nitrogens with zero attached hydrogens (tertiary/aromatic N) is 1. The SMILES string of the molecule is O=C(O)CCC(NC(=O)c1scnc1C(F)(F)F)C(=O)O. The van der Waals surface area contributed by atoms with Crippen LogP contribution in [-0.2, 0) is 15.8 Å². The van der Waals surface area contributed by atoms with Crippen molar-refractivity contribution in [2.45, 2.75) is 25.1 Å². The summed E-state index contributed by atoms with van der Waals surface area (Å²) in [5, 5.41) is 19.1. The van der Waals surface area contributed by atoms with E-state index in [1.165, 1.54) is 0 Å². The zero-order chi connectivity index (χ0) is 16.2. The lowest BCUT2D eigenvalue weighted by atomic mass is 10.1. The first-order valence-corrected chi connectivity index (χ1v) is 6.27. The van der Waals surface area contributed by atoms with Crippen molar-refractivity contribution in [1.29, 1.82) is 0 Å². The maximum absolute atomic E-state index is 12.6. The number of carboxylic acid groups (broad SMARTS) is 2. The Morgan fingerprint density at radius 3 is 2.43 bits per heavy atom. The fourth-order valence-corrected chi connectivity index (χ4v) is 2.07. The molecule has 1 atom stereocenters. The van der Waals surface area contributed by atoms with Crippen LogP contribution in [0.3, 0.4) is 0 Å². The van der Waals surface area contributed by atoms with Crippen molar-refractivity contribution in [3.05, 3.63) is 16.1 Å². The predicted molar refractivity (Wildman–Crippen MR) is 62.9 cm³/mol. The molecule has 7 nitrogen and oxygen atoms in total. The number of halogens is 3. The molecule has 0 spiro atoms. The molecule has 116 valence electrons. The van der Waals surface area contributed by atoms with Gasteiger partial charge in [-0.05, 0) is 6.42 Å². The monoisotopic (exact) mass is 326 g/mol. The van der Waals surface area contributed by atoms with Crippen LogP contribution in [0.2, 0.25) is 0 Å². The van der Waals surface area contributed by atoms with Gasteiger partial charge in [0.05, 0.1) is 5.51 Å². The number of amides is 1. The predicted octanol–water partition coefficient (Wildman–Crippen LogP) is 1.21. The van der Waals surface area contributed by atoms with Crippen molar-refractivity contribution >= 4 is 29.2 Å². The lowest BCUT2D eigenvalue weighted by Gasteiger charge is -2.13. The number of carboxylic acids is 2. The molecular formula is C10H9F3N2O5S. The minimum atomic E-state index is -4.84. The Balaban J connectivity index is 2.86. The standard InChI is InChI=1S/C10H9F3N2O5S/c11-10(12,13)7-6(21-3-14-7)8(18)15-4(9(19)20)1-2-5(16)17/h3-4H,1-2H2,(H,15,18)(H,16,17)(H,19,20). The summed E-state index contributed by atoms with van der Waals surface area (Å²) in [4.78, 5) is 35.2. The number of aromatic nitrogens is 1. The number of carbonyl (C=O) groups is 3. The molecule has 1 unspecified atom stereocenters. The Morgan fingerprint density at radius 1 is 1.33 bits per heavy atom. The third kappa shape index (κ3) is 4.70. The number of aliphatic carboxylic acids is 2. The van der Waals surface area contributed by atoms with E-state index in [9.17, 15) is 27.6 Å². The molecule has 1 aromatic heterocycles. The highest BCUT2D eigenvalue weighted by atomic mass is 32.1. The van der Waals surface area contributed by atoms with Gasteiger partial charge in [0.1, 0.15) is 10.9 Å². The number of nitrogens with one attached hydrogen (secondary N) is 1. The van der Waals surface area contributed by atoms with E-state index < -0.39 is 53.5 Å².